The molecular weight excluding hydrogens is 327 g/mol. The van der Waals surface area contributed by atoms with Crippen molar-refractivity contribution in [2.24, 2.45) is 5.41 Å². The molecule has 1 aliphatic heterocycles. The predicted octanol–water partition coefficient (Wildman–Crippen LogP) is 4.05. The summed E-state index contributed by atoms with van der Waals surface area (Å²) in [4.78, 5) is 4.78. The lowest BCUT2D eigenvalue weighted by atomic mass is 9.64. The Labute approximate surface area is 158 Å². The zero-order valence-electron chi connectivity index (χ0n) is 16.5. The van der Waals surface area contributed by atoms with E-state index in [1.54, 1.807) is 12.1 Å². The molecule has 0 unspecified atom stereocenters. The third kappa shape index (κ3) is 5.05. The molecule has 26 heavy (non-hydrogen) atoms. The van der Waals surface area contributed by atoms with Crippen molar-refractivity contribution < 1.29 is 9.50 Å². The molecular formula is C22H35FN2O. The van der Waals surface area contributed by atoms with Crippen molar-refractivity contribution in [1.82, 2.24) is 9.80 Å². The summed E-state index contributed by atoms with van der Waals surface area (Å²) in [5.41, 5.74) is 1.15. The number of nitrogens with zero attached hydrogens (tertiary/aromatic N) is 2. The van der Waals surface area contributed by atoms with Gasteiger partial charge < -0.3 is 10.0 Å². The van der Waals surface area contributed by atoms with Crippen LogP contribution in [0.1, 0.15) is 57.4 Å². The van der Waals surface area contributed by atoms with E-state index in [1.165, 1.54) is 18.4 Å². The van der Waals surface area contributed by atoms with Gasteiger partial charge in [-0.2, -0.15) is 0 Å². The molecule has 0 aromatic heterocycles. The number of benzene rings is 1. The molecule has 0 bridgehead atoms. The van der Waals surface area contributed by atoms with Gasteiger partial charge in [-0.1, -0.05) is 19.1 Å². The Morgan fingerprint density at radius 3 is 2.23 bits per heavy atom. The quantitative estimate of drug-likeness (QED) is 0.827. The summed E-state index contributed by atoms with van der Waals surface area (Å²) in [6.45, 7) is 7.22. The Balaban J connectivity index is 1.46. The lowest BCUT2D eigenvalue weighted by molar-refractivity contribution is -0.0665. The van der Waals surface area contributed by atoms with Gasteiger partial charge in [-0.15, -0.1) is 0 Å². The van der Waals surface area contributed by atoms with Crippen molar-refractivity contribution >= 4 is 0 Å². The van der Waals surface area contributed by atoms with E-state index in [0.29, 0.717) is 5.41 Å². The highest BCUT2D eigenvalue weighted by atomic mass is 19.1. The largest absolute Gasteiger partial charge is 0.389 e. The number of hydrogen-bond acceptors (Lipinski definition) is 3. The molecule has 0 atom stereocenters. The maximum absolute atomic E-state index is 13.1. The Morgan fingerprint density at radius 2 is 1.65 bits per heavy atom. The zero-order valence-corrected chi connectivity index (χ0v) is 16.5. The van der Waals surface area contributed by atoms with Gasteiger partial charge in [0, 0.05) is 13.1 Å². The maximum Gasteiger partial charge on any atom is 0.123 e. The van der Waals surface area contributed by atoms with Crippen LogP contribution >= 0.6 is 0 Å². The van der Waals surface area contributed by atoms with E-state index in [0.717, 1.165) is 64.8 Å². The monoisotopic (exact) mass is 362 g/mol. The fourth-order valence-corrected chi connectivity index (χ4v) is 4.90. The van der Waals surface area contributed by atoms with E-state index in [4.69, 9.17) is 0 Å². The zero-order chi connectivity index (χ0) is 18.6. The van der Waals surface area contributed by atoms with Gasteiger partial charge in [0.05, 0.1) is 5.60 Å². The summed E-state index contributed by atoms with van der Waals surface area (Å²) in [5, 5.41) is 11.0. The lowest BCUT2D eigenvalue weighted by Gasteiger charge is -2.49. The van der Waals surface area contributed by atoms with E-state index in [1.807, 2.05) is 12.1 Å². The lowest BCUT2D eigenvalue weighted by Crippen LogP contribution is -2.49. The van der Waals surface area contributed by atoms with Crippen LogP contribution in [0.3, 0.4) is 0 Å². The van der Waals surface area contributed by atoms with Crippen molar-refractivity contribution in [2.45, 2.75) is 64.0 Å². The van der Waals surface area contributed by atoms with Crippen molar-refractivity contribution in [3.05, 3.63) is 35.6 Å². The highest BCUT2D eigenvalue weighted by Crippen LogP contribution is 2.47. The van der Waals surface area contributed by atoms with Crippen LogP contribution in [0.15, 0.2) is 24.3 Å². The van der Waals surface area contributed by atoms with Crippen LogP contribution < -0.4 is 0 Å². The molecule has 1 N–H and O–H groups in total. The van der Waals surface area contributed by atoms with Gasteiger partial charge >= 0.3 is 0 Å². The smallest absolute Gasteiger partial charge is 0.123 e. The third-order valence-electron chi connectivity index (χ3n) is 6.65. The van der Waals surface area contributed by atoms with Gasteiger partial charge in [-0.3, -0.25) is 4.90 Å². The SMILES string of the molecule is CCCN(C)CC1(O)CCC2(CCN(Cc3ccc(F)cc3)CC2)CC1. The average Bonchev–Trinajstić information content (AvgIpc) is 2.62. The van der Waals surface area contributed by atoms with Crippen molar-refractivity contribution in [3.63, 3.8) is 0 Å². The molecule has 1 aromatic carbocycles. The minimum atomic E-state index is -0.486. The Hall–Kier alpha value is -0.970. The molecule has 0 radical (unpaired) electrons. The molecule has 1 aliphatic carbocycles. The molecule has 1 aromatic rings. The number of likely N-dealkylation sites (tertiary alicyclic amines) is 1. The van der Waals surface area contributed by atoms with Crippen LogP contribution in [-0.2, 0) is 6.54 Å². The first-order chi connectivity index (χ1) is 12.4. The van der Waals surface area contributed by atoms with Crippen molar-refractivity contribution in [2.75, 3.05) is 33.2 Å². The van der Waals surface area contributed by atoms with Crippen molar-refractivity contribution in [3.8, 4) is 0 Å². The van der Waals surface area contributed by atoms with E-state index < -0.39 is 5.60 Å². The number of rotatable bonds is 6. The maximum atomic E-state index is 13.1. The topological polar surface area (TPSA) is 26.7 Å². The normalized spacial score (nSPS) is 22.8. The fourth-order valence-electron chi connectivity index (χ4n) is 4.90. The van der Waals surface area contributed by atoms with E-state index in [2.05, 4.69) is 23.8 Å². The second kappa shape index (κ2) is 8.37. The van der Waals surface area contributed by atoms with Crippen LogP contribution in [0.5, 0.6) is 0 Å². The number of piperidine rings is 1. The molecule has 0 amide bonds. The molecule has 1 saturated heterocycles. The first-order valence-electron chi connectivity index (χ1n) is 10.3. The summed E-state index contributed by atoms with van der Waals surface area (Å²) in [6.07, 6.45) is 7.81. The molecule has 3 nitrogen and oxygen atoms in total. The first kappa shape index (κ1) is 19.8. The van der Waals surface area contributed by atoms with E-state index in [9.17, 15) is 9.50 Å². The number of aliphatic hydroxyl groups is 1. The number of halogens is 1. The standard InChI is InChI=1S/C22H35FN2O/c1-3-14-24(2)18-22(26)10-8-21(9-11-22)12-15-25(16-13-21)17-19-4-6-20(23)7-5-19/h4-7,26H,3,8-18H2,1-2H3. The molecule has 2 aliphatic rings. The van der Waals surface area contributed by atoms with Gasteiger partial charge in [0.2, 0.25) is 0 Å². The van der Waals surface area contributed by atoms with Gasteiger partial charge in [-0.05, 0) is 94.7 Å². The van der Waals surface area contributed by atoms with E-state index in [-0.39, 0.29) is 5.82 Å². The second-order valence-corrected chi connectivity index (χ2v) is 8.86. The Morgan fingerprint density at radius 1 is 1.04 bits per heavy atom. The minimum Gasteiger partial charge on any atom is -0.389 e. The average molecular weight is 363 g/mol. The van der Waals surface area contributed by atoms with Crippen molar-refractivity contribution in [1.29, 1.82) is 0 Å². The fraction of sp³-hybridized carbons (Fsp3) is 0.727. The summed E-state index contributed by atoms with van der Waals surface area (Å²) < 4.78 is 13.1. The molecule has 1 spiro atoms. The van der Waals surface area contributed by atoms with Crippen LogP contribution in [0, 0.1) is 11.2 Å². The Bertz CT molecular complexity index is 556. The molecule has 2 fully saturated rings. The molecule has 1 heterocycles. The summed E-state index contributed by atoms with van der Waals surface area (Å²) >= 11 is 0. The van der Waals surface area contributed by atoms with Crippen LogP contribution in [-0.4, -0.2) is 53.7 Å². The summed E-state index contributed by atoms with van der Waals surface area (Å²) in [6, 6.07) is 6.90. The highest BCUT2D eigenvalue weighted by Gasteiger charge is 2.43. The number of likely N-dealkylation sites (N-methyl/N-ethyl adjacent to an activating group) is 1. The minimum absolute atomic E-state index is 0.161. The van der Waals surface area contributed by atoms with Gasteiger partial charge in [0.15, 0.2) is 0 Å². The number of hydrogen-bond donors (Lipinski definition) is 1. The molecule has 3 rings (SSSR count). The van der Waals surface area contributed by atoms with E-state index >= 15 is 0 Å². The highest BCUT2D eigenvalue weighted by molar-refractivity contribution is 5.16. The second-order valence-electron chi connectivity index (χ2n) is 8.86. The predicted molar refractivity (Wildman–Crippen MR) is 105 cm³/mol. The molecule has 4 heteroatoms. The van der Waals surface area contributed by atoms with Gasteiger partial charge in [-0.25, -0.2) is 4.39 Å². The third-order valence-corrected chi connectivity index (χ3v) is 6.65. The molecule has 1 saturated carbocycles. The first-order valence-corrected chi connectivity index (χ1v) is 10.3. The van der Waals surface area contributed by atoms with Gasteiger partial charge in [0.1, 0.15) is 5.82 Å². The van der Waals surface area contributed by atoms with Crippen LogP contribution in [0.25, 0.3) is 0 Å². The summed E-state index contributed by atoms with van der Waals surface area (Å²) in [7, 11) is 2.12. The van der Waals surface area contributed by atoms with Crippen LogP contribution in [0.2, 0.25) is 0 Å². The van der Waals surface area contributed by atoms with Crippen LogP contribution in [0.4, 0.5) is 4.39 Å². The van der Waals surface area contributed by atoms with Gasteiger partial charge in [0.25, 0.3) is 0 Å². The summed E-state index contributed by atoms with van der Waals surface area (Å²) in [5.74, 6) is -0.161. The molecule has 146 valence electrons. The Kier molecular flexibility index (Phi) is 6.37.